The molecule has 2 saturated carbocycles. The Balaban J connectivity index is 1.70. The molecule has 3 rings (SSSR count). The molecule has 0 amide bonds. The van der Waals surface area contributed by atoms with E-state index < -0.39 is 0 Å². The number of aromatic nitrogens is 2. The van der Waals surface area contributed by atoms with Crippen LogP contribution in [0.2, 0.25) is 5.02 Å². The average molecular weight is 256 g/mol. The van der Waals surface area contributed by atoms with E-state index in [0.717, 1.165) is 19.3 Å². The molecule has 0 saturated heterocycles. The molecule has 2 atom stereocenters. The summed E-state index contributed by atoms with van der Waals surface area (Å²) in [5, 5.41) is 18.2. The van der Waals surface area contributed by atoms with Crippen molar-refractivity contribution in [2.45, 2.75) is 49.7 Å². The zero-order chi connectivity index (χ0) is 11.9. The summed E-state index contributed by atoms with van der Waals surface area (Å²) in [5.41, 5.74) is -0.0930. The fraction of sp³-hybridized carbons (Fsp3) is 0.750. The number of aliphatic hydroxyl groups excluding tert-OH is 1. The maximum Gasteiger partial charge on any atom is 0.0785 e. The van der Waals surface area contributed by atoms with Gasteiger partial charge in [-0.05, 0) is 32.1 Å². The van der Waals surface area contributed by atoms with Crippen LogP contribution in [0.15, 0.2) is 12.4 Å². The maximum atomic E-state index is 9.64. The van der Waals surface area contributed by atoms with Crippen molar-refractivity contribution in [1.82, 2.24) is 15.1 Å². The molecule has 2 N–H and O–H groups in total. The molecule has 1 heterocycles. The van der Waals surface area contributed by atoms with Crippen molar-refractivity contribution < 1.29 is 5.11 Å². The largest absolute Gasteiger partial charge is 0.394 e. The zero-order valence-corrected chi connectivity index (χ0v) is 10.5. The summed E-state index contributed by atoms with van der Waals surface area (Å²) >= 11 is 5.89. The second-order valence-electron chi connectivity index (χ2n) is 5.39. The summed E-state index contributed by atoms with van der Waals surface area (Å²) in [6.45, 7) is 0.217. The van der Waals surface area contributed by atoms with Crippen LogP contribution in [0, 0.1) is 0 Å². The Morgan fingerprint density at radius 1 is 1.53 bits per heavy atom. The molecule has 4 nitrogen and oxygen atoms in total. The van der Waals surface area contributed by atoms with E-state index in [-0.39, 0.29) is 12.1 Å². The minimum atomic E-state index is -0.0930. The van der Waals surface area contributed by atoms with Crippen molar-refractivity contribution >= 4 is 11.6 Å². The lowest BCUT2D eigenvalue weighted by atomic mass is 9.98. The van der Waals surface area contributed by atoms with Gasteiger partial charge in [0.1, 0.15) is 0 Å². The standard InChI is InChI=1S/C12H18ClN3O/c13-9-6-14-16(7-9)11-3-4-12(5-11,8-17)15-10-1-2-10/h6-7,10-11,15,17H,1-5,8H2. The van der Waals surface area contributed by atoms with E-state index in [4.69, 9.17) is 11.6 Å². The topological polar surface area (TPSA) is 50.1 Å². The summed E-state index contributed by atoms with van der Waals surface area (Å²) < 4.78 is 1.94. The molecule has 1 aromatic rings. The molecular formula is C12H18ClN3O. The highest BCUT2D eigenvalue weighted by molar-refractivity contribution is 6.30. The zero-order valence-electron chi connectivity index (χ0n) is 9.77. The molecule has 0 bridgehead atoms. The number of halogens is 1. The van der Waals surface area contributed by atoms with Crippen molar-refractivity contribution in [2.24, 2.45) is 0 Å². The molecule has 0 spiro atoms. The van der Waals surface area contributed by atoms with E-state index in [9.17, 15) is 5.11 Å². The lowest BCUT2D eigenvalue weighted by Gasteiger charge is -2.28. The molecule has 2 aliphatic carbocycles. The second-order valence-corrected chi connectivity index (χ2v) is 5.83. The predicted molar refractivity (Wildman–Crippen MR) is 66.1 cm³/mol. The van der Waals surface area contributed by atoms with Crippen LogP contribution in [-0.2, 0) is 0 Å². The van der Waals surface area contributed by atoms with Gasteiger partial charge in [-0.2, -0.15) is 5.10 Å². The Morgan fingerprint density at radius 3 is 2.94 bits per heavy atom. The summed E-state index contributed by atoms with van der Waals surface area (Å²) in [6.07, 6.45) is 9.06. The number of hydrogen-bond acceptors (Lipinski definition) is 3. The van der Waals surface area contributed by atoms with Gasteiger partial charge in [0, 0.05) is 17.8 Å². The Hall–Kier alpha value is -0.580. The molecule has 2 fully saturated rings. The molecule has 17 heavy (non-hydrogen) atoms. The van der Waals surface area contributed by atoms with Gasteiger partial charge in [0.2, 0.25) is 0 Å². The number of nitrogens with one attached hydrogen (secondary N) is 1. The van der Waals surface area contributed by atoms with Gasteiger partial charge in [0.05, 0.1) is 23.9 Å². The van der Waals surface area contributed by atoms with Crippen LogP contribution in [0.25, 0.3) is 0 Å². The molecule has 2 aliphatic rings. The summed E-state index contributed by atoms with van der Waals surface area (Å²) in [4.78, 5) is 0. The normalized spacial score (nSPS) is 33.2. The Bertz CT molecular complexity index is 404. The van der Waals surface area contributed by atoms with Crippen molar-refractivity contribution in [3.63, 3.8) is 0 Å². The highest BCUT2D eigenvalue weighted by atomic mass is 35.5. The monoisotopic (exact) mass is 255 g/mol. The van der Waals surface area contributed by atoms with Gasteiger partial charge in [-0.3, -0.25) is 4.68 Å². The third-order valence-electron chi connectivity index (χ3n) is 3.92. The first-order valence-electron chi connectivity index (χ1n) is 6.29. The van der Waals surface area contributed by atoms with Crippen LogP contribution >= 0.6 is 11.6 Å². The summed E-state index contributed by atoms with van der Waals surface area (Å²) in [5.74, 6) is 0. The molecule has 0 radical (unpaired) electrons. The van der Waals surface area contributed by atoms with Gasteiger partial charge < -0.3 is 10.4 Å². The second kappa shape index (κ2) is 4.26. The third-order valence-corrected chi connectivity index (χ3v) is 4.11. The van der Waals surface area contributed by atoms with Crippen molar-refractivity contribution in [3.8, 4) is 0 Å². The van der Waals surface area contributed by atoms with Gasteiger partial charge in [0.25, 0.3) is 0 Å². The summed E-state index contributed by atoms with van der Waals surface area (Å²) in [7, 11) is 0. The van der Waals surface area contributed by atoms with E-state index in [1.807, 2.05) is 10.9 Å². The maximum absolute atomic E-state index is 9.64. The van der Waals surface area contributed by atoms with Crippen molar-refractivity contribution in [3.05, 3.63) is 17.4 Å². The third kappa shape index (κ3) is 2.34. The van der Waals surface area contributed by atoms with Gasteiger partial charge in [0.15, 0.2) is 0 Å². The number of hydrogen-bond donors (Lipinski definition) is 2. The van der Waals surface area contributed by atoms with Crippen molar-refractivity contribution in [1.29, 1.82) is 0 Å². The predicted octanol–water partition coefficient (Wildman–Crippen LogP) is 1.74. The smallest absolute Gasteiger partial charge is 0.0785 e. The van der Waals surface area contributed by atoms with E-state index >= 15 is 0 Å². The Labute approximate surface area is 106 Å². The van der Waals surface area contributed by atoms with E-state index in [1.165, 1.54) is 12.8 Å². The van der Waals surface area contributed by atoms with Crippen LogP contribution < -0.4 is 5.32 Å². The SMILES string of the molecule is OCC1(NC2CC2)CCC(n2cc(Cl)cn2)C1. The number of nitrogens with zero attached hydrogens (tertiary/aromatic N) is 2. The van der Waals surface area contributed by atoms with E-state index in [1.54, 1.807) is 6.20 Å². The van der Waals surface area contributed by atoms with Crippen LogP contribution in [0.4, 0.5) is 0 Å². The quantitative estimate of drug-likeness (QED) is 0.862. The minimum Gasteiger partial charge on any atom is -0.394 e. The highest BCUT2D eigenvalue weighted by Crippen LogP contribution is 2.39. The average Bonchev–Trinajstić information content (AvgIpc) is 2.86. The van der Waals surface area contributed by atoms with Crippen LogP contribution in [0.3, 0.4) is 0 Å². The first-order valence-corrected chi connectivity index (χ1v) is 6.67. The first-order chi connectivity index (χ1) is 8.21. The first kappa shape index (κ1) is 11.5. The minimum absolute atomic E-state index is 0.0930. The Kier molecular flexibility index (Phi) is 2.89. The molecule has 0 aliphatic heterocycles. The molecule has 1 aromatic heterocycles. The fourth-order valence-electron chi connectivity index (χ4n) is 2.82. The highest BCUT2D eigenvalue weighted by Gasteiger charge is 2.42. The number of rotatable bonds is 4. The Morgan fingerprint density at radius 2 is 2.35 bits per heavy atom. The number of aliphatic hydroxyl groups is 1. The fourth-order valence-corrected chi connectivity index (χ4v) is 2.96. The van der Waals surface area contributed by atoms with Gasteiger partial charge in [-0.15, -0.1) is 0 Å². The lowest BCUT2D eigenvalue weighted by Crippen LogP contribution is -2.47. The van der Waals surface area contributed by atoms with Crippen LogP contribution in [0.5, 0.6) is 0 Å². The van der Waals surface area contributed by atoms with E-state index in [0.29, 0.717) is 17.1 Å². The van der Waals surface area contributed by atoms with Gasteiger partial charge in [-0.1, -0.05) is 11.6 Å². The van der Waals surface area contributed by atoms with Crippen LogP contribution in [0.1, 0.15) is 38.1 Å². The molecule has 5 heteroatoms. The lowest BCUT2D eigenvalue weighted by molar-refractivity contribution is 0.158. The van der Waals surface area contributed by atoms with Crippen molar-refractivity contribution in [2.75, 3.05) is 6.61 Å². The molecule has 2 unspecified atom stereocenters. The van der Waals surface area contributed by atoms with Crippen LogP contribution in [-0.4, -0.2) is 33.1 Å². The van der Waals surface area contributed by atoms with Gasteiger partial charge >= 0.3 is 0 Å². The molecule has 94 valence electrons. The molecule has 0 aromatic carbocycles. The molecular weight excluding hydrogens is 238 g/mol. The summed E-state index contributed by atoms with van der Waals surface area (Å²) in [6, 6.07) is 0.989. The van der Waals surface area contributed by atoms with E-state index in [2.05, 4.69) is 10.4 Å². The van der Waals surface area contributed by atoms with Gasteiger partial charge in [-0.25, -0.2) is 0 Å².